The maximum Gasteiger partial charge on any atom is 0.228 e. The van der Waals surface area contributed by atoms with Crippen molar-refractivity contribution >= 4 is 17.6 Å². The van der Waals surface area contributed by atoms with E-state index in [0.717, 1.165) is 0 Å². The van der Waals surface area contributed by atoms with Crippen LogP contribution in [0, 0.1) is 5.92 Å². The van der Waals surface area contributed by atoms with E-state index >= 15 is 0 Å². The number of likely N-dealkylation sites (tertiary alicyclic amines) is 2. The number of fused-ring (bicyclic) bond motifs is 1. The van der Waals surface area contributed by atoms with Gasteiger partial charge < -0.3 is 19.3 Å². The molecule has 1 aromatic carbocycles. The van der Waals surface area contributed by atoms with Crippen LogP contribution in [0.3, 0.4) is 0 Å². The second-order valence-corrected chi connectivity index (χ2v) is 8.30. The summed E-state index contributed by atoms with van der Waals surface area (Å²) in [5.41, 5.74) is -0.141. The summed E-state index contributed by atoms with van der Waals surface area (Å²) in [5, 5.41) is 0. The van der Waals surface area contributed by atoms with Gasteiger partial charge in [0, 0.05) is 32.0 Å². The first-order valence-electron chi connectivity index (χ1n) is 9.80. The Morgan fingerprint density at radius 1 is 1.32 bits per heavy atom. The lowest BCUT2D eigenvalue weighted by atomic mass is 9.89. The molecule has 1 spiro atoms. The van der Waals surface area contributed by atoms with Gasteiger partial charge in [-0.3, -0.25) is 14.4 Å². The highest BCUT2D eigenvalue weighted by Crippen LogP contribution is 2.40. The number of hydrogen-bond donors (Lipinski definition) is 0. The van der Waals surface area contributed by atoms with Crippen molar-refractivity contribution in [2.24, 2.45) is 5.92 Å². The zero-order valence-electron chi connectivity index (χ0n) is 16.6. The van der Waals surface area contributed by atoms with Crippen LogP contribution in [0.4, 0.5) is 0 Å². The Hall–Kier alpha value is -2.57. The molecule has 0 radical (unpaired) electrons. The first kappa shape index (κ1) is 18.8. The zero-order chi connectivity index (χ0) is 20.1. The Balaban J connectivity index is 1.47. The Kier molecular flexibility index (Phi) is 4.56. The number of ketones is 1. The number of amides is 2. The number of hydrogen-bond acceptors (Lipinski definition) is 5. The highest BCUT2D eigenvalue weighted by molar-refractivity contribution is 6.01. The van der Waals surface area contributed by atoms with Crippen molar-refractivity contribution in [3.63, 3.8) is 0 Å². The van der Waals surface area contributed by atoms with Crippen LogP contribution in [0.25, 0.3) is 0 Å². The van der Waals surface area contributed by atoms with Gasteiger partial charge in [0.15, 0.2) is 5.78 Å². The van der Waals surface area contributed by atoms with Gasteiger partial charge in [0.2, 0.25) is 11.8 Å². The fraction of sp³-hybridized carbons (Fsp3) is 0.571. The molecule has 3 aliphatic rings. The second kappa shape index (κ2) is 6.79. The molecule has 0 aromatic heterocycles. The molecule has 3 aliphatic heterocycles. The van der Waals surface area contributed by atoms with Gasteiger partial charge in [-0.25, -0.2) is 0 Å². The molecule has 0 aliphatic carbocycles. The standard InChI is InChI=1S/C21H26N2O5/c1-13(2)23-11-14(8-19(23)25)20(26)22-7-6-21(12-22)10-17(24)16-9-15(27-3)4-5-18(16)28-21/h4-5,9,13-14H,6-8,10-12H2,1-3H3. The largest absolute Gasteiger partial charge is 0.497 e. The minimum absolute atomic E-state index is 0.00930. The summed E-state index contributed by atoms with van der Waals surface area (Å²) in [6, 6.07) is 5.33. The number of benzene rings is 1. The summed E-state index contributed by atoms with van der Waals surface area (Å²) in [6.07, 6.45) is 1.13. The molecule has 0 bridgehead atoms. The average molecular weight is 386 g/mol. The Morgan fingerprint density at radius 3 is 2.79 bits per heavy atom. The fourth-order valence-electron chi connectivity index (χ4n) is 4.51. The highest BCUT2D eigenvalue weighted by atomic mass is 16.5. The van der Waals surface area contributed by atoms with E-state index in [-0.39, 0.29) is 42.4 Å². The van der Waals surface area contributed by atoms with Gasteiger partial charge in [0.25, 0.3) is 0 Å². The SMILES string of the molecule is COc1ccc2c(c1)C(=O)CC1(CCN(C(=O)C3CC(=O)N(C(C)C)C3)C1)O2. The van der Waals surface area contributed by atoms with Crippen molar-refractivity contribution in [3.05, 3.63) is 23.8 Å². The summed E-state index contributed by atoms with van der Waals surface area (Å²) in [5.74, 6) is 0.903. The van der Waals surface area contributed by atoms with E-state index in [1.54, 1.807) is 35.1 Å². The maximum absolute atomic E-state index is 13.0. The number of carbonyl (C=O) groups is 3. The van der Waals surface area contributed by atoms with E-state index in [9.17, 15) is 14.4 Å². The zero-order valence-corrected chi connectivity index (χ0v) is 16.6. The van der Waals surface area contributed by atoms with Gasteiger partial charge in [-0.05, 0) is 32.0 Å². The number of ether oxygens (including phenoxy) is 2. The van der Waals surface area contributed by atoms with E-state index < -0.39 is 5.60 Å². The first-order chi connectivity index (χ1) is 13.3. The minimum Gasteiger partial charge on any atom is -0.497 e. The van der Waals surface area contributed by atoms with Crippen LogP contribution in [0.5, 0.6) is 11.5 Å². The highest BCUT2D eigenvalue weighted by Gasteiger charge is 2.49. The molecule has 2 fully saturated rings. The van der Waals surface area contributed by atoms with Gasteiger partial charge in [0.1, 0.15) is 17.1 Å². The predicted molar refractivity (Wildman–Crippen MR) is 101 cm³/mol. The van der Waals surface area contributed by atoms with Crippen LogP contribution in [-0.4, -0.2) is 65.8 Å². The molecule has 0 saturated carbocycles. The van der Waals surface area contributed by atoms with Gasteiger partial charge >= 0.3 is 0 Å². The van der Waals surface area contributed by atoms with Crippen molar-refractivity contribution in [2.75, 3.05) is 26.7 Å². The molecule has 150 valence electrons. The lowest BCUT2D eigenvalue weighted by molar-refractivity contribution is -0.135. The summed E-state index contributed by atoms with van der Waals surface area (Å²) in [6.45, 7) is 5.33. The second-order valence-electron chi connectivity index (χ2n) is 8.30. The van der Waals surface area contributed by atoms with E-state index in [1.807, 2.05) is 13.8 Å². The molecule has 28 heavy (non-hydrogen) atoms. The summed E-state index contributed by atoms with van der Waals surface area (Å²) in [7, 11) is 1.56. The molecule has 4 rings (SSSR count). The van der Waals surface area contributed by atoms with Crippen molar-refractivity contribution in [3.8, 4) is 11.5 Å². The minimum atomic E-state index is -0.672. The van der Waals surface area contributed by atoms with Crippen LogP contribution in [0.15, 0.2) is 18.2 Å². The number of nitrogens with zero attached hydrogens (tertiary/aromatic N) is 2. The molecule has 0 N–H and O–H groups in total. The quantitative estimate of drug-likeness (QED) is 0.793. The molecule has 1 aromatic rings. The van der Waals surface area contributed by atoms with Crippen LogP contribution >= 0.6 is 0 Å². The van der Waals surface area contributed by atoms with Crippen molar-refractivity contribution in [1.29, 1.82) is 0 Å². The predicted octanol–water partition coefficient (Wildman–Crippen LogP) is 1.89. The third-order valence-corrected chi connectivity index (χ3v) is 6.06. The third-order valence-electron chi connectivity index (χ3n) is 6.06. The van der Waals surface area contributed by atoms with Gasteiger partial charge in [-0.15, -0.1) is 0 Å². The Labute approximate surface area is 164 Å². The lowest BCUT2D eigenvalue weighted by Crippen LogP contribution is -2.46. The van der Waals surface area contributed by atoms with E-state index in [4.69, 9.17) is 9.47 Å². The lowest BCUT2D eigenvalue weighted by Gasteiger charge is -2.35. The molecular formula is C21H26N2O5. The van der Waals surface area contributed by atoms with E-state index in [1.165, 1.54) is 0 Å². The van der Waals surface area contributed by atoms with Crippen LogP contribution < -0.4 is 9.47 Å². The smallest absolute Gasteiger partial charge is 0.228 e. The molecule has 2 atom stereocenters. The van der Waals surface area contributed by atoms with Gasteiger partial charge in [-0.1, -0.05) is 0 Å². The first-order valence-corrected chi connectivity index (χ1v) is 9.80. The topological polar surface area (TPSA) is 76.2 Å². The fourth-order valence-corrected chi connectivity index (χ4v) is 4.51. The van der Waals surface area contributed by atoms with Crippen LogP contribution in [0.1, 0.15) is 43.5 Å². The molecule has 2 amide bonds. The average Bonchev–Trinajstić information content (AvgIpc) is 3.25. The Morgan fingerprint density at radius 2 is 2.11 bits per heavy atom. The Bertz CT molecular complexity index is 836. The van der Waals surface area contributed by atoms with Gasteiger partial charge in [0.05, 0.1) is 31.6 Å². The molecule has 7 heteroatoms. The normalized spacial score (nSPS) is 26.8. The number of Topliss-reactive ketones (excluding diaryl/α,β-unsaturated/α-hetero) is 1. The maximum atomic E-state index is 13.0. The van der Waals surface area contributed by atoms with E-state index in [2.05, 4.69) is 0 Å². The van der Waals surface area contributed by atoms with Gasteiger partial charge in [-0.2, -0.15) is 0 Å². The molecule has 3 heterocycles. The van der Waals surface area contributed by atoms with Crippen molar-refractivity contribution in [2.45, 2.75) is 44.8 Å². The molecule has 7 nitrogen and oxygen atoms in total. The van der Waals surface area contributed by atoms with Crippen molar-refractivity contribution < 1.29 is 23.9 Å². The molecule has 2 saturated heterocycles. The van der Waals surface area contributed by atoms with Crippen molar-refractivity contribution in [1.82, 2.24) is 9.80 Å². The molecular weight excluding hydrogens is 360 g/mol. The summed E-state index contributed by atoms with van der Waals surface area (Å²) >= 11 is 0. The summed E-state index contributed by atoms with van der Waals surface area (Å²) in [4.78, 5) is 41.4. The van der Waals surface area contributed by atoms with Crippen LogP contribution in [-0.2, 0) is 9.59 Å². The monoisotopic (exact) mass is 386 g/mol. The summed E-state index contributed by atoms with van der Waals surface area (Å²) < 4.78 is 11.4. The number of carbonyl (C=O) groups excluding carboxylic acids is 3. The third kappa shape index (κ3) is 3.12. The molecule has 2 unspecified atom stereocenters. The van der Waals surface area contributed by atoms with Crippen LogP contribution in [0.2, 0.25) is 0 Å². The number of rotatable bonds is 3. The number of methoxy groups -OCH3 is 1. The van der Waals surface area contributed by atoms with E-state index in [0.29, 0.717) is 43.1 Å².